The van der Waals surface area contributed by atoms with Crippen LogP contribution < -0.4 is 5.32 Å². The van der Waals surface area contributed by atoms with Gasteiger partial charge in [-0.3, -0.25) is 14.9 Å². The highest BCUT2D eigenvalue weighted by atomic mass is 16.5. The molecule has 1 aliphatic heterocycles. The molecule has 6 heteroatoms. The van der Waals surface area contributed by atoms with Gasteiger partial charge in [0.15, 0.2) is 0 Å². The number of nitrogens with one attached hydrogen (secondary N) is 1. The molecule has 15 heavy (non-hydrogen) atoms. The van der Waals surface area contributed by atoms with Crippen LogP contribution in [0.5, 0.6) is 0 Å². The summed E-state index contributed by atoms with van der Waals surface area (Å²) in [4.78, 5) is 23.9. The Labute approximate surface area is 88.2 Å². The molecule has 0 bridgehead atoms. The Kier molecular flexibility index (Phi) is 4.05. The highest BCUT2D eigenvalue weighted by Gasteiger charge is 2.32. The summed E-state index contributed by atoms with van der Waals surface area (Å²) in [6, 6.07) is -1.22. The summed E-state index contributed by atoms with van der Waals surface area (Å²) < 4.78 is 4.77. The molecule has 0 aromatic carbocycles. The molecule has 0 aromatic heterocycles. The fraction of sp³-hybridized carbons (Fsp3) is 0.778. The van der Waals surface area contributed by atoms with E-state index in [1.165, 1.54) is 7.11 Å². The van der Waals surface area contributed by atoms with Gasteiger partial charge in [-0.1, -0.05) is 0 Å². The van der Waals surface area contributed by atoms with E-state index in [0.29, 0.717) is 13.0 Å². The third kappa shape index (κ3) is 2.90. The van der Waals surface area contributed by atoms with Crippen LogP contribution in [0.4, 0.5) is 0 Å². The van der Waals surface area contributed by atoms with Gasteiger partial charge in [-0.2, -0.15) is 0 Å². The van der Waals surface area contributed by atoms with E-state index in [-0.39, 0.29) is 12.5 Å². The minimum Gasteiger partial charge on any atom is -0.480 e. The second kappa shape index (κ2) is 5.09. The molecule has 6 nitrogen and oxygen atoms in total. The van der Waals surface area contributed by atoms with Crippen LogP contribution in [0.25, 0.3) is 0 Å². The molecule has 0 aliphatic carbocycles. The van der Waals surface area contributed by atoms with Crippen molar-refractivity contribution in [3.63, 3.8) is 0 Å². The molecule has 1 heterocycles. The lowest BCUT2D eigenvalue weighted by atomic mass is 10.2. The third-order valence-corrected chi connectivity index (χ3v) is 2.46. The van der Waals surface area contributed by atoms with Gasteiger partial charge in [0.1, 0.15) is 6.04 Å². The quantitative estimate of drug-likeness (QED) is 0.610. The highest BCUT2D eigenvalue weighted by Crippen LogP contribution is 2.09. The van der Waals surface area contributed by atoms with E-state index >= 15 is 0 Å². The van der Waals surface area contributed by atoms with Crippen molar-refractivity contribution in [2.24, 2.45) is 0 Å². The van der Waals surface area contributed by atoms with Gasteiger partial charge in [0.25, 0.3) is 0 Å². The smallest absolute Gasteiger partial charge is 0.323 e. The number of rotatable bonds is 5. The maximum Gasteiger partial charge on any atom is 0.323 e. The average molecular weight is 216 g/mol. The summed E-state index contributed by atoms with van der Waals surface area (Å²) in [5.41, 5.74) is 0. The highest BCUT2D eigenvalue weighted by molar-refractivity contribution is 5.84. The van der Waals surface area contributed by atoms with E-state index in [1.54, 1.807) is 11.9 Å². The Hall–Kier alpha value is -1.14. The molecule has 1 rings (SSSR count). The molecule has 2 N–H and O–H groups in total. The van der Waals surface area contributed by atoms with Gasteiger partial charge in [-0.25, -0.2) is 0 Å². The predicted molar refractivity (Wildman–Crippen MR) is 52.5 cm³/mol. The number of carbonyl (C=O) groups is 2. The summed E-state index contributed by atoms with van der Waals surface area (Å²) in [5, 5.41) is 11.6. The first-order valence-electron chi connectivity index (χ1n) is 4.79. The molecule has 2 atom stereocenters. The molecule has 0 radical (unpaired) electrons. The number of likely N-dealkylation sites (N-methyl/N-ethyl adjacent to an activating group) is 1. The topological polar surface area (TPSA) is 78.9 Å². The number of ether oxygens (including phenoxy) is 1. The lowest BCUT2D eigenvalue weighted by Gasteiger charge is -2.17. The Morgan fingerprint density at radius 3 is 2.87 bits per heavy atom. The summed E-state index contributed by atoms with van der Waals surface area (Å²) in [6.07, 6.45) is 0.642. The van der Waals surface area contributed by atoms with Crippen molar-refractivity contribution >= 4 is 11.9 Å². The zero-order valence-corrected chi connectivity index (χ0v) is 8.90. The van der Waals surface area contributed by atoms with Crippen LogP contribution in [0.3, 0.4) is 0 Å². The molecule has 86 valence electrons. The first kappa shape index (κ1) is 11.9. The van der Waals surface area contributed by atoms with Crippen molar-refractivity contribution in [3.05, 3.63) is 0 Å². The monoisotopic (exact) mass is 216 g/mol. The first-order valence-corrected chi connectivity index (χ1v) is 4.79. The molecule has 0 saturated carbocycles. The minimum atomic E-state index is -1.00. The van der Waals surface area contributed by atoms with Crippen molar-refractivity contribution in [1.29, 1.82) is 0 Å². The SMILES string of the molecule is COCC(NC1CCN(C)C1=O)C(=O)O. The van der Waals surface area contributed by atoms with Crippen LogP contribution in [-0.2, 0) is 14.3 Å². The zero-order valence-electron chi connectivity index (χ0n) is 8.90. The zero-order chi connectivity index (χ0) is 11.4. The van der Waals surface area contributed by atoms with Crippen molar-refractivity contribution in [1.82, 2.24) is 10.2 Å². The number of nitrogens with zero attached hydrogens (tertiary/aromatic N) is 1. The number of methoxy groups -OCH3 is 1. The van der Waals surface area contributed by atoms with E-state index in [9.17, 15) is 9.59 Å². The molecule has 2 unspecified atom stereocenters. The molecular weight excluding hydrogens is 200 g/mol. The third-order valence-electron chi connectivity index (χ3n) is 2.46. The van der Waals surface area contributed by atoms with Gasteiger partial charge < -0.3 is 14.7 Å². The number of carbonyl (C=O) groups excluding carboxylic acids is 1. The molecular formula is C9H16N2O4. The van der Waals surface area contributed by atoms with E-state index < -0.39 is 18.1 Å². The Morgan fingerprint density at radius 2 is 2.47 bits per heavy atom. The number of aliphatic carboxylic acids is 1. The number of amides is 1. The number of carboxylic acids is 1. The van der Waals surface area contributed by atoms with Crippen LogP contribution in [0.1, 0.15) is 6.42 Å². The van der Waals surface area contributed by atoms with Gasteiger partial charge in [0.05, 0.1) is 12.6 Å². The van der Waals surface area contributed by atoms with E-state index in [1.807, 2.05) is 0 Å². The predicted octanol–water partition coefficient (Wildman–Crippen LogP) is -1.09. The maximum atomic E-state index is 11.5. The molecule has 0 aromatic rings. The van der Waals surface area contributed by atoms with Crippen molar-refractivity contribution in [2.45, 2.75) is 18.5 Å². The van der Waals surface area contributed by atoms with Gasteiger partial charge in [0.2, 0.25) is 5.91 Å². The fourth-order valence-corrected chi connectivity index (χ4v) is 1.58. The lowest BCUT2D eigenvalue weighted by molar-refractivity contribution is -0.141. The van der Waals surface area contributed by atoms with Crippen LogP contribution >= 0.6 is 0 Å². The summed E-state index contributed by atoms with van der Waals surface area (Å²) in [6.45, 7) is 0.721. The van der Waals surface area contributed by atoms with E-state index in [4.69, 9.17) is 9.84 Å². The number of hydrogen-bond acceptors (Lipinski definition) is 4. The number of likely N-dealkylation sites (tertiary alicyclic amines) is 1. The summed E-state index contributed by atoms with van der Waals surface area (Å²) in [5.74, 6) is -1.06. The standard InChI is InChI=1S/C9H16N2O4/c1-11-4-3-6(8(11)12)10-7(5-15-2)9(13)14/h6-7,10H,3-5H2,1-2H3,(H,13,14). The molecule has 1 aliphatic rings. The van der Waals surface area contributed by atoms with Gasteiger partial charge in [-0.05, 0) is 6.42 Å². The van der Waals surface area contributed by atoms with Gasteiger partial charge in [0, 0.05) is 20.7 Å². The molecule has 1 amide bonds. The summed E-state index contributed by atoms with van der Waals surface area (Å²) >= 11 is 0. The normalized spacial score (nSPS) is 23.2. The Balaban J connectivity index is 2.51. The second-order valence-corrected chi connectivity index (χ2v) is 3.61. The van der Waals surface area contributed by atoms with Crippen LogP contribution in [-0.4, -0.2) is 61.3 Å². The van der Waals surface area contributed by atoms with E-state index in [0.717, 1.165) is 0 Å². The average Bonchev–Trinajstić information content (AvgIpc) is 2.48. The second-order valence-electron chi connectivity index (χ2n) is 3.61. The van der Waals surface area contributed by atoms with Gasteiger partial charge >= 0.3 is 5.97 Å². The number of carboxylic acid groups (broad SMARTS) is 1. The van der Waals surface area contributed by atoms with Crippen molar-refractivity contribution in [2.75, 3.05) is 27.3 Å². The molecule has 0 spiro atoms. The Bertz CT molecular complexity index is 254. The maximum absolute atomic E-state index is 11.5. The number of hydrogen-bond donors (Lipinski definition) is 2. The molecule has 1 saturated heterocycles. The first-order chi connectivity index (χ1) is 7.06. The fourth-order valence-electron chi connectivity index (χ4n) is 1.58. The largest absolute Gasteiger partial charge is 0.480 e. The van der Waals surface area contributed by atoms with Crippen molar-refractivity contribution in [3.8, 4) is 0 Å². The van der Waals surface area contributed by atoms with Crippen molar-refractivity contribution < 1.29 is 19.4 Å². The van der Waals surface area contributed by atoms with Gasteiger partial charge in [-0.15, -0.1) is 0 Å². The van der Waals surface area contributed by atoms with Crippen LogP contribution in [0, 0.1) is 0 Å². The van der Waals surface area contributed by atoms with E-state index in [2.05, 4.69) is 5.32 Å². The Morgan fingerprint density at radius 1 is 1.80 bits per heavy atom. The molecule has 1 fully saturated rings. The lowest BCUT2D eigenvalue weighted by Crippen LogP contribution is -2.48. The van der Waals surface area contributed by atoms with Crippen LogP contribution in [0.2, 0.25) is 0 Å². The van der Waals surface area contributed by atoms with Crippen LogP contribution in [0.15, 0.2) is 0 Å². The minimum absolute atomic E-state index is 0.0580. The summed E-state index contributed by atoms with van der Waals surface area (Å²) in [7, 11) is 3.14.